The number of amides is 2. The SMILES string of the molecule is Cc1nc(C(F)(F)F)cc(-c2ccnc3cc(CN4C(=O)C5[C@H](C4=O)C5(C)C)sc23)c1CC1CNCCO1. The van der Waals surface area contributed by atoms with Gasteiger partial charge in [0.1, 0.15) is 5.69 Å². The number of carbonyl (C=O) groups excluding carboxylic acids is 2. The highest BCUT2D eigenvalue weighted by atomic mass is 32.1. The van der Waals surface area contributed by atoms with Crippen LogP contribution in [0.2, 0.25) is 0 Å². The second kappa shape index (κ2) is 8.82. The molecular weight excluding hydrogens is 517 g/mol. The summed E-state index contributed by atoms with van der Waals surface area (Å²) in [6, 6.07) is 4.63. The van der Waals surface area contributed by atoms with Crippen LogP contribution in [0.4, 0.5) is 13.2 Å². The van der Waals surface area contributed by atoms with Crippen molar-refractivity contribution in [3.05, 3.63) is 46.2 Å². The number of rotatable bonds is 5. The monoisotopic (exact) mass is 544 g/mol. The largest absolute Gasteiger partial charge is 0.433 e. The Bertz CT molecular complexity index is 1440. The molecule has 3 aromatic heterocycles. The number of fused-ring (bicyclic) bond motifs is 2. The van der Waals surface area contributed by atoms with E-state index in [-0.39, 0.29) is 41.7 Å². The highest BCUT2D eigenvalue weighted by Gasteiger charge is 2.72. The molecule has 11 heteroatoms. The number of imide groups is 1. The van der Waals surface area contributed by atoms with Gasteiger partial charge in [0.05, 0.1) is 41.3 Å². The average Bonchev–Trinajstić information content (AvgIpc) is 3.10. The van der Waals surface area contributed by atoms with E-state index in [2.05, 4.69) is 15.3 Å². The number of hydrogen-bond donors (Lipinski definition) is 1. The first kappa shape index (κ1) is 25.4. The van der Waals surface area contributed by atoms with E-state index in [0.717, 1.165) is 17.5 Å². The smallest absolute Gasteiger partial charge is 0.375 e. The predicted octanol–water partition coefficient (Wildman–Crippen LogP) is 4.36. The van der Waals surface area contributed by atoms with Crippen molar-refractivity contribution in [3.8, 4) is 11.1 Å². The Morgan fingerprint density at radius 1 is 1.18 bits per heavy atom. The fraction of sp³-hybridized carbons (Fsp3) is 0.481. The maximum Gasteiger partial charge on any atom is 0.433 e. The number of morpholine rings is 1. The maximum absolute atomic E-state index is 13.8. The number of halogens is 3. The van der Waals surface area contributed by atoms with Crippen LogP contribution < -0.4 is 5.32 Å². The van der Waals surface area contributed by atoms with Gasteiger partial charge in [0.25, 0.3) is 0 Å². The summed E-state index contributed by atoms with van der Waals surface area (Å²) in [7, 11) is 0. The number of ether oxygens (including phenoxy) is 1. The highest BCUT2D eigenvalue weighted by molar-refractivity contribution is 7.19. The summed E-state index contributed by atoms with van der Waals surface area (Å²) in [6.07, 6.45) is -2.79. The zero-order chi connectivity index (χ0) is 27.0. The molecule has 0 bridgehead atoms. The molecule has 2 amide bonds. The number of pyridine rings is 2. The van der Waals surface area contributed by atoms with Crippen LogP contribution in [0, 0.1) is 24.2 Å². The lowest BCUT2D eigenvalue weighted by Crippen LogP contribution is -2.39. The van der Waals surface area contributed by atoms with Crippen molar-refractivity contribution in [1.82, 2.24) is 20.2 Å². The number of hydrogen-bond acceptors (Lipinski definition) is 7. The van der Waals surface area contributed by atoms with E-state index >= 15 is 0 Å². The Labute approximate surface area is 221 Å². The zero-order valence-electron chi connectivity index (χ0n) is 21.2. The van der Waals surface area contributed by atoms with E-state index < -0.39 is 11.9 Å². The number of alkyl halides is 3. The summed E-state index contributed by atoms with van der Waals surface area (Å²) in [4.78, 5) is 36.1. The van der Waals surface area contributed by atoms with Gasteiger partial charge in [-0.15, -0.1) is 11.3 Å². The minimum atomic E-state index is -4.60. The Morgan fingerprint density at radius 3 is 2.58 bits per heavy atom. The lowest BCUT2D eigenvalue weighted by atomic mass is 9.94. The molecule has 0 spiro atoms. The van der Waals surface area contributed by atoms with E-state index in [9.17, 15) is 22.8 Å². The first-order chi connectivity index (χ1) is 18.0. The molecule has 2 aliphatic heterocycles. The van der Waals surface area contributed by atoms with Crippen molar-refractivity contribution in [3.63, 3.8) is 0 Å². The molecule has 1 N–H and O–H groups in total. The minimum absolute atomic E-state index is 0.138. The van der Waals surface area contributed by atoms with Gasteiger partial charge in [0.15, 0.2) is 0 Å². The molecule has 3 atom stereocenters. The van der Waals surface area contributed by atoms with Gasteiger partial charge in [0.2, 0.25) is 11.8 Å². The second-order valence-electron chi connectivity index (χ2n) is 10.8. The third kappa shape index (κ3) is 4.11. The zero-order valence-corrected chi connectivity index (χ0v) is 22.0. The second-order valence-corrected chi connectivity index (χ2v) is 12.0. The number of carbonyl (C=O) groups is 2. The number of aryl methyl sites for hydroxylation is 1. The molecule has 1 aliphatic carbocycles. The van der Waals surface area contributed by atoms with E-state index in [1.807, 2.05) is 19.9 Å². The van der Waals surface area contributed by atoms with Crippen molar-refractivity contribution in [2.45, 2.75) is 46.0 Å². The number of nitrogens with one attached hydrogen (secondary N) is 1. The molecule has 3 aliphatic rings. The topological polar surface area (TPSA) is 84.4 Å². The molecule has 5 heterocycles. The molecule has 6 rings (SSSR count). The lowest BCUT2D eigenvalue weighted by molar-refractivity contribution is -0.144. The molecule has 0 aromatic carbocycles. The highest BCUT2D eigenvalue weighted by Crippen LogP contribution is 2.63. The molecule has 7 nitrogen and oxygen atoms in total. The van der Waals surface area contributed by atoms with Crippen molar-refractivity contribution in [2.24, 2.45) is 17.3 Å². The van der Waals surface area contributed by atoms with Gasteiger partial charge in [-0.3, -0.25) is 19.5 Å². The van der Waals surface area contributed by atoms with E-state index in [1.54, 1.807) is 19.2 Å². The summed E-state index contributed by atoms with van der Waals surface area (Å²) in [6.45, 7) is 7.47. The Hall–Kier alpha value is -2.89. The summed E-state index contributed by atoms with van der Waals surface area (Å²) in [5.41, 5.74) is 1.43. The van der Waals surface area contributed by atoms with E-state index in [4.69, 9.17) is 4.74 Å². The quantitative estimate of drug-likeness (QED) is 0.481. The van der Waals surface area contributed by atoms with Crippen molar-refractivity contribution in [2.75, 3.05) is 19.7 Å². The number of thiophene rings is 1. The van der Waals surface area contributed by atoms with Gasteiger partial charge in [-0.05, 0) is 41.7 Å². The Morgan fingerprint density at radius 2 is 1.92 bits per heavy atom. The fourth-order valence-electron chi connectivity index (χ4n) is 5.91. The van der Waals surface area contributed by atoms with Gasteiger partial charge in [0, 0.05) is 41.8 Å². The number of piperidine rings is 1. The third-order valence-corrected chi connectivity index (χ3v) is 9.16. The van der Waals surface area contributed by atoms with Crippen LogP contribution in [-0.4, -0.2) is 52.5 Å². The standard InChI is InChI=1S/C27H27F3N4O3S/c1-13-17(8-14-11-31-6-7-37-14)18(10-20(33-13)27(28,29)30)16-4-5-32-19-9-15(38-23(16)19)12-34-24(35)21-22(25(34)36)26(21,2)3/h4-5,9-10,14,21-22,31H,6-8,11-12H2,1-3H3/t14?,21-,22?/m1/s1. The fourth-order valence-corrected chi connectivity index (χ4v) is 7.04. The van der Waals surface area contributed by atoms with Gasteiger partial charge in [-0.2, -0.15) is 13.2 Å². The van der Waals surface area contributed by atoms with Crippen LogP contribution in [0.3, 0.4) is 0 Å². The van der Waals surface area contributed by atoms with Crippen LogP contribution in [0.15, 0.2) is 24.4 Å². The number of likely N-dealkylation sites (tertiary alicyclic amines) is 1. The van der Waals surface area contributed by atoms with Gasteiger partial charge < -0.3 is 10.1 Å². The van der Waals surface area contributed by atoms with E-state index in [1.165, 1.54) is 16.2 Å². The first-order valence-electron chi connectivity index (χ1n) is 12.6. The normalized spacial score (nSPS) is 24.8. The van der Waals surface area contributed by atoms with Crippen LogP contribution in [-0.2, 0) is 33.5 Å². The van der Waals surface area contributed by atoms with E-state index in [0.29, 0.717) is 52.2 Å². The summed E-state index contributed by atoms with van der Waals surface area (Å²) < 4.78 is 47.9. The summed E-state index contributed by atoms with van der Waals surface area (Å²) in [5, 5.41) is 3.26. The molecule has 2 saturated heterocycles. The minimum Gasteiger partial charge on any atom is -0.375 e. The molecule has 1 saturated carbocycles. The molecule has 0 radical (unpaired) electrons. The van der Waals surface area contributed by atoms with Crippen molar-refractivity contribution in [1.29, 1.82) is 0 Å². The first-order valence-corrected chi connectivity index (χ1v) is 13.4. The Balaban J connectivity index is 1.39. The van der Waals surface area contributed by atoms with Crippen molar-refractivity contribution < 1.29 is 27.5 Å². The molecule has 200 valence electrons. The summed E-state index contributed by atoms with van der Waals surface area (Å²) >= 11 is 1.35. The average molecular weight is 545 g/mol. The maximum atomic E-state index is 13.8. The molecule has 3 fully saturated rings. The third-order valence-electron chi connectivity index (χ3n) is 8.02. The van der Waals surface area contributed by atoms with Crippen molar-refractivity contribution >= 4 is 33.4 Å². The summed E-state index contributed by atoms with van der Waals surface area (Å²) in [5.74, 6) is -0.840. The van der Waals surface area contributed by atoms with Crippen LogP contribution in [0.5, 0.6) is 0 Å². The number of aromatic nitrogens is 2. The van der Waals surface area contributed by atoms with Crippen LogP contribution in [0.1, 0.15) is 35.7 Å². The van der Waals surface area contributed by atoms with Gasteiger partial charge >= 0.3 is 6.18 Å². The predicted molar refractivity (Wildman–Crippen MR) is 135 cm³/mol. The molecule has 2 unspecified atom stereocenters. The lowest BCUT2D eigenvalue weighted by Gasteiger charge is -2.25. The molecular formula is C27H27F3N4O3S. The van der Waals surface area contributed by atoms with Crippen LogP contribution in [0.25, 0.3) is 21.3 Å². The van der Waals surface area contributed by atoms with Crippen LogP contribution >= 0.6 is 11.3 Å². The Kier molecular flexibility index (Phi) is 5.89. The van der Waals surface area contributed by atoms with Gasteiger partial charge in [-0.25, -0.2) is 4.98 Å². The number of nitrogens with zero attached hydrogens (tertiary/aromatic N) is 3. The van der Waals surface area contributed by atoms with Gasteiger partial charge in [-0.1, -0.05) is 13.8 Å². The molecule has 3 aromatic rings. The molecule has 38 heavy (non-hydrogen) atoms.